The molecule has 2 heterocycles. The van der Waals surface area contributed by atoms with Crippen LogP contribution in [0.2, 0.25) is 0 Å². The van der Waals surface area contributed by atoms with Gasteiger partial charge < -0.3 is 0 Å². The van der Waals surface area contributed by atoms with Gasteiger partial charge in [0.2, 0.25) is 0 Å². The van der Waals surface area contributed by atoms with Gasteiger partial charge in [-0.15, -0.1) is 0 Å². The van der Waals surface area contributed by atoms with Crippen molar-refractivity contribution >= 4 is 28.1 Å². The summed E-state index contributed by atoms with van der Waals surface area (Å²) in [5.74, 6) is -0.350. The zero-order valence-corrected chi connectivity index (χ0v) is 17.6. The van der Waals surface area contributed by atoms with Crippen molar-refractivity contribution < 1.29 is 9.72 Å². The highest BCUT2D eigenvalue weighted by molar-refractivity contribution is 7.19. The van der Waals surface area contributed by atoms with E-state index < -0.39 is 4.92 Å². The van der Waals surface area contributed by atoms with E-state index in [1.54, 1.807) is 36.5 Å². The Balaban J connectivity index is 1.78. The number of non-ortho nitro benzene ring substituents is 1. The number of nitro benzene ring substituents is 1. The predicted molar refractivity (Wildman–Crippen MR) is 121 cm³/mol. The molecule has 0 unspecified atom stereocenters. The lowest BCUT2D eigenvalue weighted by atomic mass is 10.0. The van der Waals surface area contributed by atoms with Gasteiger partial charge in [-0.3, -0.25) is 25.2 Å². The van der Waals surface area contributed by atoms with Crippen LogP contribution in [0.3, 0.4) is 0 Å². The van der Waals surface area contributed by atoms with Crippen LogP contribution < -0.4 is 5.32 Å². The van der Waals surface area contributed by atoms with Crippen molar-refractivity contribution in [1.82, 2.24) is 9.97 Å². The van der Waals surface area contributed by atoms with Crippen molar-refractivity contribution in [3.05, 3.63) is 93.8 Å². The van der Waals surface area contributed by atoms with Crippen LogP contribution in [0.4, 0.5) is 10.8 Å². The fraction of sp³-hybridized carbons (Fsp3) is 0.0870. The lowest BCUT2D eigenvalue weighted by Crippen LogP contribution is -2.13. The maximum atomic E-state index is 12.6. The van der Waals surface area contributed by atoms with Gasteiger partial charge in [-0.1, -0.05) is 41.2 Å². The first kappa shape index (κ1) is 20.4. The summed E-state index contributed by atoms with van der Waals surface area (Å²) in [4.78, 5) is 32.7. The van der Waals surface area contributed by atoms with Crippen LogP contribution in [-0.4, -0.2) is 20.8 Å². The predicted octanol–water partition coefficient (Wildman–Crippen LogP) is 5.65. The summed E-state index contributed by atoms with van der Waals surface area (Å²) in [5.41, 5.74) is 4.91. The van der Waals surface area contributed by atoms with Gasteiger partial charge in [-0.2, -0.15) is 0 Å². The Kier molecular flexibility index (Phi) is 5.55. The van der Waals surface area contributed by atoms with Crippen molar-refractivity contribution in [3.63, 3.8) is 0 Å². The van der Waals surface area contributed by atoms with Crippen LogP contribution >= 0.6 is 11.3 Å². The number of carbonyl (C=O) groups is 1. The topological polar surface area (TPSA) is 98.0 Å². The summed E-state index contributed by atoms with van der Waals surface area (Å²) in [7, 11) is 0. The van der Waals surface area contributed by atoms with Crippen LogP contribution in [0.1, 0.15) is 21.6 Å². The van der Waals surface area contributed by atoms with E-state index >= 15 is 0 Å². The lowest BCUT2D eigenvalue weighted by Gasteiger charge is -2.07. The van der Waals surface area contributed by atoms with E-state index in [4.69, 9.17) is 0 Å². The van der Waals surface area contributed by atoms with Crippen molar-refractivity contribution in [2.24, 2.45) is 0 Å². The zero-order valence-electron chi connectivity index (χ0n) is 16.8. The van der Waals surface area contributed by atoms with Gasteiger partial charge in [-0.25, -0.2) is 4.98 Å². The molecule has 1 N–H and O–H groups in total. The first-order valence-electron chi connectivity index (χ1n) is 9.48. The number of hydrogen-bond acceptors (Lipinski definition) is 6. The van der Waals surface area contributed by atoms with Crippen molar-refractivity contribution in [3.8, 4) is 21.7 Å². The number of pyridine rings is 1. The van der Waals surface area contributed by atoms with Crippen LogP contribution in [0.25, 0.3) is 21.7 Å². The number of aryl methyl sites for hydroxylation is 2. The molecule has 0 saturated carbocycles. The third kappa shape index (κ3) is 4.34. The van der Waals surface area contributed by atoms with E-state index in [0.717, 1.165) is 27.1 Å². The Labute approximate surface area is 182 Å². The molecular formula is C23H18N4O3S. The first-order valence-corrected chi connectivity index (χ1v) is 10.3. The van der Waals surface area contributed by atoms with Gasteiger partial charge in [0.25, 0.3) is 11.6 Å². The Hall–Kier alpha value is -3.91. The third-order valence-electron chi connectivity index (χ3n) is 4.72. The minimum Gasteiger partial charge on any atom is -0.296 e. The largest absolute Gasteiger partial charge is 0.296 e. The summed E-state index contributed by atoms with van der Waals surface area (Å²) >= 11 is 1.36. The number of rotatable bonds is 5. The maximum Gasteiger partial charge on any atom is 0.276 e. The summed E-state index contributed by atoms with van der Waals surface area (Å²) in [6.07, 6.45) is 1.56. The molecule has 31 heavy (non-hydrogen) atoms. The fourth-order valence-electron chi connectivity index (χ4n) is 3.22. The second-order valence-electron chi connectivity index (χ2n) is 6.99. The summed E-state index contributed by atoms with van der Waals surface area (Å²) in [6.45, 7) is 4.05. The summed E-state index contributed by atoms with van der Waals surface area (Å²) < 4.78 is 0. The number of thiazole rings is 1. The van der Waals surface area contributed by atoms with Gasteiger partial charge in [0, 0.05) is 23.9 Å². The Morgan fingerprint density at radius 1 is 1.06 bits per heavy atom. The van der Waals surface area contributed by atoms with E-state index in [2.05, 4.69) is 21.4 Å². The van der Waals surface area contributed by atoms with Gasteiger partial charge in [0.1, 0.15) is 5.69 Å². The van der Waals surface area contributed by atoms with E-state index in [-0.39, 0.29) is 11.6 Å². The summed E-state index contributed by atoms with van der Waals surface area (Å²) in [6, 6.07) is 17.5. The number of benzene rings is 2. The summed E-state index contributed by atoms with van der Waals surface area (Å²) in [5, 5.41) is 14.3. The Morgan fingerprint density at radius 3 is 2.48 bits per heavy atom. The van der Waals surface area contributed by atoms with Crippen LogP contribution in [0.15, 0.2) is 66.9 Å². The van der Waals surface area contributed by atoms with E-state index in [9.17, 15) is 14.9 Å². The van der Waals surface area contributed by atoms with E-state index in [1.165, 1.54) is 23.5 Å². The molecule has 154 valence electrons. The molecule has 4 aromatic rings. The normalized spacial score (nSPS) is 10.6. The SMILES string of the molecule is Cc1ccc(-c2sc(NC(=O)c3ccccn3)nc2-c2ccc([N+](=O)[O-])cc2)c(C)c1. The second kappa shape index (κ2) is 8.45. The molecule has 2 aromatic heterocycles. The molecule has 4 rings (SSSR count). The number of nitro groups is 1. The first-order chi connectivity index (χ1) is 14.9. The monoisotopic (exact) mass is 430 g/mol. The molecule has 7 nitrogen and oxygen atoms in total. The third-order valence-corrected chi connectivity index (χ3v) is 5.73. The number of amides is 1. The van der Waals surface area contributed by atoms with E-state index in [1.807, 2.05) is 26.0 Å². The van der Waals surface area contributed by atoms with E-state index in [0.29, 0.717) is 16.5 Å². The van der Waals surface area contributed by atoms with Gasteiger partial charge in [-0.05, 0) is 49.2 Å². The minimum absolute atomic E-state index is 0.00993. The molecule has 0 radical (unpaired) electrons. The Bertz CT molecular complexity index is 1270. The van der Waals surface area contributed by atoms with Gasteiger partial charge in [0.05, 0.1) is 15.5 Å². The average molecular weight is 430 g/mol. The average Bonchev–Trinajstić information content (AvgIpc) is 3.17. The number of nitrogens with zero attached hydrogens (tertiary/aromatic N) is 3. The molecular weight excluding hydrogens is 412 g/mol. The smallest absolute Gasteiger partial charge is 0.276 e. The molecule has 0 aliphatic rings. The van der Waals surface area contributed by atoms with Crippen LogP contribution in [-0.2, 0) is 0 Å². The molecule has 2 aromatic carbocycles. The molecule has 0 spiro atoms. The molecule has 1 amide bonds. The van der Waals surface area contributed by atoms with Crippen LogP contribution in [0.5, 0.6) is 0 Å². The quantitative estimate of drug-likeness (QED) is 0.326. The number of aromatic nitrogens is 2. The van der Waals surface area contributed by atoms with Crippen molar-refractivity contribution in [2.45, 2.75) is 13.8 Å². The molecule has 0 saturated heterocycles. The number of hydrogen-bond donors (Lipinski definition) is 1. The maximum absolute atomic E-state index is 12.6. The molecule has 0 bridgehead atoms. The highest BCUT2D eigenvalue weighted by Gasteiger charge is 2.19. The van der Waals surface area contributed by atoms with Crippen LogP contribution in [0, 0.1) is 24.0 Å². The number of anilines is 1. The highest BCUT2D eigenvalue weighted by atomic mass is 32.1. The molecule has 0 aliphatic heterocycles. The molecule has 0 atom stereocenters. The Morgan fingerprint density at radius 2 is 1.84 bits per heavy atom. The molecule has 0 fully saturated rings. The fourth-order valence-corrected chi connectivity index (χ4v) is 4.29. The minimum atomic E-state index is -0.436. The molecule has 0 aliphatic carbocycles. The molecule has 8 heteroatoms. The zero-order chi connectivity index (χ0) is 22.0. The second-order valence-corrected chi connectivity index (χ2v) is 7.99. The lowest BCUT2D eigenvalue weighted by molar-refractivity contribution is -0.384. The number of carbonyl (C=O) groups excluding carboxylic acids is 1. The van der Waals surface area contributed by atoms with Gasteiger partial charge >= 0.3 is 0 Å². The van der Waals surface area contributed by atoms with Gasteiger partial charge in [0.15, 0.2) is 5.13 Å². The highest BCUT2D eigenvalue weighted by Crippen LogP contribution is 2.41. The van der Waals surface area contributed by atoms with Crippen molar-refractivity contribution in [1.29, 1.82) is 0 Å². The number of nitrogens with one attached hydrogen (secondary N) is 1. The van der Waals surface area contributed by atoms with Crippen molar-refractivity contribution in [2.75, 3.05) is 5.32 Å². The standard InChI is InChI=1S/C23H18N4O3S/c1-14-6-11-18(15(2)13-14)21-20(16-7-9-17(10-8-16)27(29)30)25-23(31-21)26-22(28)19-5-3-4-12-24-19/h3-13H,1-2H3,(H,25,26,28).